The molecule has 0 saturated carbocycles. The van der Waals surface area contributed by atoms with Gasteiger partial charge in [-0.3, -0.25) is 4.79 Å². The van der Waals surface area contributed by atoms with Crippen molar-refractivity contribution in [1.82, 2.24) is 24.5 Å². The molecule has 2 aromatic carbocycles. The van der Waals surface area contributed by atoms with Crippen LogP contribution < -0.4 is 4.90 Å². The standard InChI is InChI=1S/C23H18F4N6O/c24-16-8-6-15(7-9-16)18-14-19(23(25,26)27)33-22(28-18)29-20(30-33)21(34)32-12-10-31(11-13-32)17-4-2-1-3-5-17/h1-9,14H,10-13H2. The van der Waals surface area contributed by atoms with Crippen molar-refractivity contribution in [3.63, 3.8) is 0 Å². The molecule has 5 rings (SSSR count). The summed E-state index contributed by atoms with van der Waals surface area (Å²) < 4.78 is 55.1. The van der Waals surface area contributed by atoms with Crippen LogP contribution in [0.5, 0.6) is 0 Å². The molecule has 1 saturated heterocycles. The molecule has 11 heteroatoms. The minimum atomic E-state index is -4.77. The van der Waals surface area contributed by atoms with E-state index >= 15 is 0 Å². The monoisotopic (exact) mass is 470 g/mol. The number of piperazine rings is 1. The molecule has 7 nitrogen and oxygen atoms in total. The Morgan fingerprint density at radius 3 is 2.21 bits per heavy atom. The molecule has 1 amide bonds. The van der Waals surface area contributed by atoms with E-state index < -0.39 is 23.6 Å². The third kappa shape index (κ3) is 4.16. The van der Waals surface area contributed by atoms with E-state index in [1.807, 2.05) is 30.3 Å². The number of aromatic nitrogens is 4. The number of nitrogens with zero attached hydrogens (tertiary/aromatic N) is 6. The van der Waals surface area contributed by atoms with Crippen LogP contribution >= 0.6 is 0 Å². The zero-order chi connectivity index (χ0) is 23.9. The molecule has 0 N–H and O–H groups in total. The van der Waals surface area contributed by atoms with E-state index in [2.05, 4.69) is 20.0 Å². The van der Waals surface area contributed by atoms with Crippen molar-refractivity contribution in [2.24, 2.45) is 0 Å². The Kier molecular flexibility index (Phi) is 5.39. The van der Waals surface area contributed by atoms with Crippen molar-refractivity contribution in [3.8, 4) is 11.3 Å². The van der Waals surface area contributed by atoms with E-state index in [1.165, 1.54) is 17.0 Å². The summed E-state index contributed by atoms with van der Waals surface area (Å²) in [6, 6.07) is 15.4. The number of amides is 1. The summed E-state index contributed by atoms with van der Waals surface area (Å²) in [5, 5.41) is 3.84. The van der Waals surface area contributed by atoms with E-state index in [1.54, 1.807) is 0 Å². The molecule has 34 heavy (non-hydrogen) atoms. The summed E-state index contributed by atoms with van der Waals surface area (Å²) in [5.74, 6) is -1.80. The molecule has 1 aliphatic heterocycles. The fourth-order valence-corrected chi connectivity index (χ4v) is 3.88. The second-order valence-corrected chi connectivity index (χ2v) is 7.79. The third-order valence-corrected chi connectivity index (χ3v) is 5.62. The molecule has 1 aliphatic rings. The molecule has 0 spiro atoms. The van der Waals surface area contributed by atoms with Crippen molar-refractivity contribution >= 4 is 17.4 Å². The smallest absolute Gasteiger partial charge is 0.368 e. The molecular weight excluding hydrogens is 452 g/mol. The number of anilines is 1. The van der Waals surface area contributed by atoms with Crippen molar-refractivity contribution in [1.29, 1.82) is 0 Å². The Hall–Kier alpha value is -4.02. The van der Waals surface area contributed by atoms with E-state index in [9.17, 15) is 22.4 Å². The average Bonchev–Trinajstić information content (AvgIpc) is 3.27. The van der Waals surface area contributed by atoms with Crippen molar-refractivity contribution in [3.05, 3.63) is 78.0 Å². The van der Waals surface area contributed by atoms with Crippen molar-refractivity contribution < 1.29 is 22.4 Å². The topological polar surface area (TPSA) is 66.6 Å². The molecular formula is C23H18F4N6O. The fraction of sp³-hybridized carbons (Fsp3) is 0.217. The second-order valence-electron chi connectivity index (χ2n) is 7.79. The Morgan fingerprint density at radius 2 is 1.56 bits per heavy atom. The normalized spacial score (nSPS) is 14.6. The SMILES string of the molecule is O=C(c1nc2nc(-c3ccc(F)cc3)cc(C(F)(F)F)n2n1)N1CCN(c2ccccc2)CC1. The predicted molar refractivity (Wildman–Crippen MR) is 116 cm³/mol. The van der Waals surface area contributed by atoms with Crippen LogP contribution in [0.2, 0.25) is 0 Å². The second kappa shape index (κ2) is 8.40. The van der Waals surface area contributed by atoms with E-state index in [0.717, 1.165) is 23.9 Å². The van der Waals surface area contributed by atoms with Crippen molar-refractivity contribution in [2.45, 2.75) is 6.18 Å². The van der Waals surface area contributed by atoms with Gasteiger partial charge >= 0.3 is 6.18 Å². The number of fused-ring (bicyclic) bond motifs is 1. The third-order valence-electron chi connectivity index (χ3n) is 5.62. The van der Waals surface area contributed by atoms with Gasteiger partial charge < -0.3 is 9.80 Å². The number of benzene rings is 2. The summed E-state index contributed by atoms with van der Waals surface area (Å²) >= 11 is 0. The Labute approximate surface area is 191 Å². The first-order valence-electron chi connectivity index (χ1n) is 10.5. The number of hydrogen-bond donors (Lipinski definition) is 0. The molecule has 0 bridgehead atoms. The number of carbonyl (C=O) groups excluding carboxylic acids is 1. The zero-order valence-electron chi connectivity index (χ0n) is 17.7. The molecule has 0 radical (unpaired) electrons. The highest BCUT2D eigenvalue weighted by Crippen LogP contribution is 2.32. The Morgan fingerprint density at radius 1 is 0.882 bits per heavy atom. The summed E-state index contributed by atoms with van der Waals surface area (Å²) in [7, 11) is 0. The molecule has 3 heterocycles. The minimum Gasteiger partial charge on any atom is -0.368 e. The van der Waals surface area contributed by atoms with Gasteiger partial charge in [-0.25, -0.2) is 9.37 Å². The number of carbonyl (C=O) groups is 1. The lowest BCUT2D eigenvalue weighted by molar-refractivity contribution is -0.142. The van der Waals surface area contributed by atoms with Crippen LogP contribution in [0.3, 0.4) is 0 Å². The van der Waals surface area contributed by atoms with Crippen LogP contribution in [0.15, 0.2) is 60.7 Å². The lowest BCUT2D eigenvalue weighted by Gasteiger charge is -2.35. The van der Waals surface area contributed by atoms with Gasteiger partial charge in [0.15, 0.2) is 5.69 Å². The summed E-state index contributed by atoms with van der Waals surface area (Å²) in [6.07, 6.45) is -4.77. The fourth-order valence-electron chi connectivity index (χ4n) is 3.88. The van der Waals surface area contributed by atoms with Gasteiger partial charge in [0.1, 0.15) is 5.82 Å². The maximum absolute atomic E-state index is 13.8. The molecule has 2 aromatic heterocycles. The number of para-hydroxylation sites is 1. The quantitative estimate of drug-likeness (QED) is 0.425. The van der Waals surface area contributed by atoms with Crippen LogP contribution in [0.25, 0.3) is 17.0 Å². The number of rotatable bonds is 3. The predicted octanol–water partition coefficient (Wildman–Crippen LogP) is 3.91. The van der Waals surface area contributed by atoms with Gasteiger partial charge in [0.25, 0.3) is 11.7 Å². The lowest BCUT2D eigenvalue weighted by atomic mass is 10.1. The highest BCUT2D eigenvalue weighted by atomic mass is 19.4. The summed E-state index contributed by atoms with van der Waals surface area (Å²) in [5.41, 5.74) is 0.134. The van der Waals surface area contributed by atoms with E-state index in [4.69, 9.17) is 0 Å². The molecule has 0 unspecified atom stereocenters. The van der Waals surface area contributed by atoms with Crippen LogP contribution in [-0.2, 0) is 6.18 Å². The molecule has 174 valence electrons. The van der Waals surface area contributed by atoms with Crippen molar-refractivity contribution in [2.75, 3.05) is 31.1 Å². The van der Waals surface area contributed by atoms with Crippen LogP contribution in [0.4, 0.5) is 23.2 Å². The van der Waals surface area contributed by atoms with E-state index in [-0.39, 0.29) is 22.9 Å². The number of hydrogen-bond acceptors (Lipinski definition) is 5. The lowest BCUT2D eigenvalue weighted by Crippen LogP contribution is -2.49. The Balaban J connectivity index is 1.44. The van der Waals surface area contributed by atoms with Gasteiger partial charge in [0.05, 0.1) is 5.69 Å². The minimum absolute atomic E-state index is 0.0531. The van der Waals surface area contributed by atoms with Gasteiger partial charge in [-0.1, -0.05) is 18.2 Å². The summed E-state index contributed by atoms with van der Waals surface area (Å²) in [6.45, 7) is 1.90. The first-order valence-corrected chi connectivity index (χ1v) is 10.5. The number of halogens is 4. The first-order chi connectivity index (χ1) is 16.3. The molecule has 1 fully saturated rings. The molecule has 0 atom stereocenters. The first kappa shape index (κ1) is 21.8. The maximum atomic E-state index is 13.8. The highest BCUT2D eigenvalue weighted by Gasteiger charge is 2.36. The Bertz CT molecular complexity index is 1330. The highest BCUT2D eigenvalue weighted by molar-refractivity contribution is 5.91. The van der Waals surface area contributed by atoms with Gasteiger partial charge in [-0.2, -0.15) is 22.7 Å². The molecule has 0 aliphatic carbocycles. The van der Waals surface area contributed by atoms with Crippen LogP contribution in [0, 0.1) is 5.82 Å². The van der Waals surface area contributed by atoms with Gasteiger partial charge in [-0.15, -0.1) is 5.10 Å². The maximum Gasteiger partial charge on any atom is 0.433 e. The average molecular weight is 470 g/mol. The molecule has 4 aromatic rings. The van der Waals surface area contributed by atoms with Gasteiger partial charge in [0.2, 0.25) is 5.82 Å². The van der Waals surface area contributed by atoms with Crippen LogP contribution in [0.1, 0.15) is 16.3 Å². The summed E-state index contributed by atoms with van der Waals surface area (Å²) in [4.78, 5) is 24.8. The van der Waals surface area contributed by atoms with E-state index in [0.29, 0.717) is 30.7 Å². The van der Waals surface area contributed by atoms with Gasteiger partial charge in [-0.05, 0) is 42.5 Å². The van der Waals surface area contributed by atoms with Crippen LogP contribution in [-0.4, -0.2) is 56.6 Å². The largest absolute Gasteiger partial charge is 0.433 e. The zero-order valence-corrected chi connectivity index (χ0v) is 17.7. The van der Waals surface area contributed by atoms with Gasteiger partial charge in [0, 0.05) is 37.4 Å². The number of alkyl halides is 3.